The van der Waals surface area contributed by atoms with Crippen LogP contribution in [0.1, 0.15) is 10.4 Å². The minimum atomic E-state index is -0.464. The van der Waals surface area contributed by atoms with E-state index in [1.54, 1.807) is 41.3 Å². The summed E-state index contributed by atoms with van der Waals surface area (Å²) >= 11 is 7.12. The second-order valence-corrected chi connectivity index (χ2v) is 6.95. The molecular weight excluding hydrogens is 364 g/mol. The number of rotatable bonds is 4. The largest absolute Gasteiger partial charge is 0.378 e. The Bertz CT molecular complexity index is 792. The van der Waals surface area contributed by atoms with Crippen LogP contribution in [-0.2, 0) is 4.74 Å². The van der Waals surface area contributed by atoms with E-state index in [0.717, 1.165) is 4.90 Å². The van der Waals surface area contributed by atoms with Crippen molar-refractivity contribution in [3.63, 3.8) is 0 Å². The Kier molecular flexibility index (Phi) is 5.57. The summed E-state index contributed by atoms with van der Waals surface area (Å²) in [4.78, 5) is 26.4. The second kappa shape index (κ2) is 7.86. The fraction of sp³-hybridized carbons (Fsp3) is 0.235. The molecule has 6 nitrogen and oxygen atoms in total. The highest BCUT2D eigenvalue weighted by Gasteiger charge is 2.23. The first-order chi connectivity index (χ1) is 12.0. The van der Waals surface area contributed by atoms with E-state index in [1.807, 2.05) is 0 Å². The summed E-state index contributed by atoms with van der Waals surface area (Å²) in [6, 6.07) is 11.6. The molecule has 1 aliphatic rings. The molecule has 1 fully saturated rings. The SMILES string of the molecule is O=C(c1ccc(Sc2ccc(Cl)cc2)c([N+](=O)[O-])c1)N1CCOCC1. The number of benzene rings is 2. The number of nitrogens with zero attached hydrogens (tertiary/aromatic N) is 2. The van der Waals surface area contributed by atoms with Crippen molar-refractivity contribution < 1.29 is 14.5 Å². The molecule has 2 aromatic carbocycles. The van der Waals surface area contributed by atoms with Crippen molar-refractivity contribution in [1.29, 1.82) is 0 Å². The van der Waals surface area contributed by atoms with Crippen molar-refractivity contribution in [1.82, 2.24) is 4.90 Å². The van der Waals surface area contributed by atoms with E-state index in [2.05, 4.69) is 0 Å². The molecule has 2 aromatic rings. The topological polar surface area (TPSA) is 72.7 Å². The molecule has 0 radical (unpaired) electrons. The number of amides is 1. The standard InChI is InChI=1S/C17H15ClN2O4S/c18-13-2-4-14(5-3-13)25-16-6-1-12(11-15(16)20(22)23)17(21)19-7-9-24-10-8-19/h1-6,11H,7-10H2. The highest BCUT2D eigenvalue weighted by Crippen LogP contribution is 2.36. The van der Waals surface area contributed by atoms with Crippen LogP contribution in [0.4, 0.5) is 5.69 Å². The van der Waals surface area contributed by atoms with Gasteiger partial charge in [0.15, 0.2) is 0 Å². The summed E-state index contributed by atoms with van der Waals surface area (Å²) in [5.41, 5.74) is 0.230. The molecule has 1 aliphatic heterocycles. The highest BCUT2D eigenvalue weighted by molar-refractivity contribution is 7.99. The molecule has 25 heavy (non-hydrogen) atoms. The van der Waals surface area contributed by atoms with Gasteiger partial charge in [-0.3, -0.25) is 14.9 Å². The van der Waals surface area contributed by atoms with Crippen molar-refractivity contribution in [2.75, 3.05) is 26.3 Å². The van der Waals surface area contributed by atoms with Gasteiger partial charge in [0, 0.05) is 34.6 Å². The Morgan fingerprint density at radius 2 is 1.84 bits per heavy atom. The zero-order chi connectivity index (χ0) is 17.8. The number of carbonyl (C=O) groups excluding carboxylic acids is 1. The van der Waals surface area contributed by atoms with Gasteiger partial charge in [-0.25, -0.2) is 0 Å². The third-order valence-corrected chi connectivity index (χ3v) is 5.07. The Morgan fingerprint density at radius 3 is 2.48 bits per heavy atom. The number of morpholine rings is 1. The molecule has 0 N–H and O–H groups in total. The number of hydrogen-bond donors (Lipinski definition) is 0. The van der Waals surface area contributed by atoms with E-state index in [4.69, 9.17) is 16.3 Å². The van der Waals surface area contributed by atoms with Gasteiger partial charge >= 0.3 is 0 Å². The Hall–Kier alpha value is -2.09. The van der Waals surface area contributed by atoms with E-state index in [0.29, 0.717) is 41.8 Å². The van der Waals surface area contributed by atoms with Gasteiger partial charge in [-0.2, -0.15) is 0 Å². The predicted octanol–water partition coefficient (Wildman–Crippen LogP) is 3.87. The fourth-order valence-corrected chi connectivity index (χ4v) is 3.48. The van der Waals surface area contributed by atoms with Gasteiger partial charge in [0.05, 0.1) is 23.0 Å². The molecule has 0 saturated carbocycles. The van der Waals surface area contributed by atoms with Crippen LogP contribution in [-0.4, -0.2) is 42.0 Å². The van der Waals surface area contributed by atoms with Gasteiger partial charge in [0.25, 0.3) is 11.6 Å². The molecule has 130 valence electrons. The first kappa shape index (κ1) is 17.7. The van der Waals surface area contributed by atoms with Crippen LogP contribution in [0.3, 0.4) is 0 Å². The first-order valence-electron chi connectivity index (χ1n) is 7.63. The fourth-order valence-electron chi connectivity index (χ4n) is 2.46. The van der Waals surface area contributed by atoms with Gasteiger partial charge in [0.2, 0.25) is 0 Å². The van der Waals surface area contributed by atoms with Crippen LogP contribution >= 0.6 is 23.4 Å². The average molecular weight is 379 g/mol. The smallest absolute Gasteiger partial charge is 0.284 e. The van der Waals surface area contributed by atoms with E-state index >= 15 is 0 Å². The Labute approximate surface area is 153 Å². The molecule has 0 bridgehead atoms. The quantitative estimate of drug-likeness (QED) is 0.596. The number of ether oxygens (including phenoxy) is 1. The van der Waals surface area contributed by atoms with Crippen LogP contribution < -0.4 is 0 Å². The minimum absolute atomic E-state index is 0.0842. The van der Waals surface area contributed by atoms with Gasteiger partial charge in [-0.1, -0.05) is 23.4 Å². The number of hydrogen-bond acceptors (Lipinski definition) is 5. The summed E-state index contributed by atoms with van der Waals surface area (Å²) in [7, 11) is 0. The van der Waals surface area contributed by atoms with Gasteiger partial charge in [0.1, 0.15) is 0 Å². The lowest BCUT2D eigenvalue weighted by molar-refractivity contribution is -0.387. The van der Waals surface area contributed by atoms with Gasteiger partial charge in [-0.05, 0) is 36.4 Å². The zero-order valence-electron chi connectivity index (χ0n) is 13.2. The monoisotopic (exact) mass is 378 g/mol. The van der Waals surface area contributed by atoms with Crippen LogP contribution in [0.25, 0.3) is 0 Å². The van der Waals surface area contributed by atoms with E-state index in [-0.39, 0.29) is 11.6 Å². The molecule has 0 atom stereocenters. The van der Waals surface area contributed by atoms with Crippen LogP contribution in [0.2, 0.25) is 5.02 Å². The highest BCUT2D eigenvalue weighted by atomic mass is 35.5. The Morgan fingerprint density at radius 1 is 1.16 bits per heavy atom. The van der Waals surface area contributed by atoms with Crippen LogP contribution in [0.5, 0.6) is 0 Å². The molecule has 1 saturated heterocycles. The molecule has 1 amide bonds. The van der Waals surface area contributed by atoms with Gasteiger partial charge in [-0.15, -0.1) is 0 Å². The molecule has 0 aromatic heterocycles. The zero-order valence-corrected chi connectivity index (χ0v) is 14.8. The van der Waals surface area contributed by atoms with Crippen LogP contribution in [0.15, 0.2) is 52.3 Å². The predicted molar refractivity (Wildman–Crippen MR) is 95.4 cm³/mol. The maximum atomic E-state index is 12.5. The second-order valence-electron chi connectivity index (χ2n) is 5.40. The minimum Gasteiger partial charge on any atom is -0.378 e. The summed E-state index contributed by atoms with van der Waals surface area (Å²) in [6.45, 7) is 1.96. The molecule has 0 unspecified atom stereocenters. The number of carbonyl (C=O) groups is 1. The summed E-state index contributed by atoms with van der Waals surface area (Å²) in [6.07, 6.45) is 0. The number of nitro groups is 1. The normalized spacial score (nSPS) is 14.4. The molecule has 0 spiro atoms. The molecule has 1 heterocycles. The van der Waals surface area contributed by atoms with Crippen molar-refractivity contribution in [2.24, 2.45) is 0 Å². The number of halogens is 1. The van der Waals surface area contributed by atoms with Crippen molar-refractivity contribution in [3.05, 3.63) is 63.2 Å². The first-order valence-corrected chi connectivity index (χ1v) is 8.83. The summed E-state index contributed by atoms with van der Waals surface area (Å²) in [5.74, 6) is -0.213. The molecule has 0 aliphatic carbocycles. The maximum Gasteiger partial charge on any atom is 0.284 e. The lowest BCUT2D eigenvalue weighted by Crippen LogP contribution is -2.40. The molecule has 3 rings (SSSR count). The summed E-state index contributed by atoms with van der Waals surface area (Å²) < 4.78 is 5.23. The molecule has 8 heteroatoms. The third-order valence-electron chi connectivity index (χ3n) is 3.74. The van der Waals surface area contributed by atoms with Crippen molar-refractivity contribution in [2.45, 2.75) is 9.79 Å². The maximum absolute atomic E-state index is 12.5. The van der Waals surface area contributed by atoms with E-state index in [1.165, 1.54) is 17.8 Å². The van der Waals surface area contributed by atoms with E-state index < -0.39 is 4.92 Å². The average Bonchev–Trinajstić information content (AvgIpc) is 2.64. The van der Waals surface area contributed by atoms with E-state index in [9.17, 15) is 14.9 Å². The summed E-state index contributed by atoms with van der Waals surface area (Å²) in [5, 5.41) is 12.0. The lowest BCUT2D eigenvalue weighted by Gasteiger charge is -2.26. The molecular formula is C17H15ClN2O4S. The third kappa shape index (κ3) is 4.31. The Balaban J connectivity index is 1.86. The van der Waals surface area contributed by atoms with Gasteiger partial charge < -0.3 is 9.64 Å². The van der Waals surface area contributed by atoms with Crippen LogP contribution in [0, 0.1) is 10.1 Å². The van der Waals surface area contributed by atoms with Crippen molar-refractivity contribution in [3.8, 4) is 0 Å². The van der Waals surface area contributed by atoms with Crippen molar-refractivity contribution >= 4 is 35.0 Å². The number of nitro benzene ring substituents is 1. The lowest BCUT2D eigenvalue weighted by atomic mass is 10.1.